The van der Waals surface area contributed by atoms with E-state index < -0.39 is 0 Å². The summed E-state index contributed by atoms with van der Waals surface area (Å²) in [5, 5.41) is 30.5. The van der Waals surface area contributed by atoms with Gasteiger partial charge in [-0.2, -0.15) is 0 Å². The number of ketones is 2. The molecule has 0 aliphatic carbocycles. The standard InChI is InChI=1S/C21H22ClN5O2S.C17H14Cl2N4OS.C7H7BrClN.C4H9NO/c1-12-4-3-5-16(22)15(12)8-17(29)18-10-23-21(30-18)26-19-9-20(25-13(2)24-19)27-7-6-14(28)11-27;1-9-4-3-5-12(18)11(9)6-13(24)14-8-20-17(25-14)23-16-7-15(19)21-10(2)22-16;1-4-2-5(8)3-6(9)7(4)10;6-4-1-2-5-3-4/h3-5,9-10,14,28H,6-8,11H2,1-2H3,(H,23,24,25,26);3-5,7-8H,6H2,1-2H3,(H,20,21,22,23);2-3H,10H2,1H3;4-6H,1-3H2/t14-;;;4-/m1..1/s1/i2*3D;;. The molecule has 6 heterocycles. The molecule has 0 amide bonds. The molecule has 0 saturated carbocycles. The molecule has 374 valence electrons. The first-order valence-electron chi connectivity index (χ1n) is 23.0. The number of Topliss-reactive ketones (excluding diaryl/α,β-unsaturated/α-hetero) is 2. The van der Waals surface area contributed by atoms with Gasteiger partial charge in [-0.1, -0.05) is 109 Å². The number of aryl methyl sites for hydroxylation is 5. The summed E-state index contributed by atoms with van der Waals surface area (Å²) in [5.41, 5.74) is 10.4. The summed E-state index contributed by atoms with van der Waals surface area (Å²) >= 11 is 29.9. The Morgan fingerprint density at radius 2 is 1.31 bits per heavy atom. The number of aliphatic hydroxyl groups excluding tert-OH is 2. The predicted octanol–water partition coefficient (Wildman–Crippen LogP) is 11.3. The van der Waals surface area contributed by atoms with Gasteiger partial charge in [0.25, 0.3) is 0 Å². The summed E-state index contributed by atoms with van der Waals surface area (Å²) in [4.78, 5) is 54.0. The van der Waals surface area contributed by atoms with E-state index in [1.165, 1.54) is 34.9 Å². The van der Waals surface area contributed by atoms with Gasteiger partial charge < -0.3 is 36.8 Å². The Hall–Kier alpha value is -4.86. The highest BCUT2D eigenvalue weighted by molar-refractivity contribution is 9.10. The van der Waals surface area contributed by atoms with Gasteiger partial charge in [-0.15, -0.1) is 0 Å². The predicted molar refractivity (Wildman–Crippen MR) is 292 cm³/mol. The fourth-order valence-electron chi connectivity index (χ4n) is 6.96. The van der Waals surface area contributed by atoms with Crippen LogP contribution in [0.25, 0.3) is 0 Å². The van der Waals surface area contributed by atoms with E-state index in [-0.39, 0.29) is 36.6 Å². The molecule has 2 aliphatic rings. The van der Waals surface area contributed by atoms with Crippen molar-refractivity contribution < 1.29 is 22.5 Å². The number of thiazole rings is 2. The maximum Gasteiger partial charge on any atom is 0.188 e. The van der Waals surface area contributed by atoms with Crippen molar-refractivity contribution in [1.29, 1.82) is 0 Å². The monoisotopic (exact) mass is 1140 g/mol. The fourth-order valence-corrected chi connectivity index (χ4v) is 10.2. The van der Waals surface area contributed by atoms with Crippen LogP contribution in [0.1, 0.15) is 74.4 Å². The van der Waals surface area contributed by atoms with Crippen LogP contribution < -0.4 is 26.6 Å². The van der Waals surface area contributed by atoms with Crippen LogP contribution >= 0.6 is 85.0 Å². The Labute approximate surface area is 451 Å². The van der Waals surface area contributed by atoms with Crippen LogP contribution in [-0.2, 0) is 12.8 Å². The van der Waals surface area contributed by atoms with Crippen molar-refractivity contribution in [2.75, 3.05) is 47.4 Å². The van der Waals surface area contributed by atoms with E-state index >= 15 is 0 Å². The number of nitrogen functional groups attached to an aromatic ring is 1. The van der Waals surface area contributed by atoms with Crippen LogP contribution in [-0.4, -0.2) is 90.1 Å². The molecule has 71 heavy (non-hydrogen) atoms. The van der Waals surface area contributed by atoms with E-state index in [1.807, 2.05) is 44.7 Å². The van der Waals surface area contributed by atoms with Gasteiger partial charge in [0.1, 0.15) is 34.3 Å². The molecule has 0 spiro atoms. The molecule has 7 N–H and O–H groups in total. The topological polar surface area (TPSA) is 217 Å². The molecule has 4 aromatic heterocycles. The van der Waals surface area contributed by atoms with Gasteiger partial charge in [-0.25, -0.2) is 29.9 Å². The van der Waals surface area contributed by atoms with E-state index in [1.54, 1.807) is 43.5 Å². The minimum atomic E-state index is -0.339. The third-order valence-electron chi connectivity index (χ3n) is 10.7. The Bertz CT molecular complexity index is 3000. The summed E-state index contributed by atoms with van der Waals surface area (Å²) in [6, 6.07) is 14.2. The summed E-state index contributed by atoms with van der Waals surface area (Å²) < 4.78 is 16.3. The van der Waals surface area contributed by atoms with Crippen LogP contribution in [0.2, 0.25) is 20.2 Å². The van der Waals surface area contributed by atoms with Gasteiger partial charge in [-0.3, -0.25) is 9.59 Å². The SMILES string of the molecule is Cc1cc(Br)cc(Cl)c1N.O[C@@H]1CCNC1.[2H]c1cc(C)c(CC(=O)c2cnc(Nc3cc(Cl)nc(C)n3)s2)c(Cl)c1.[2H]c1cc(C)c(CC(=O)c2cnc(Nc3cc(N4CC[C@@H](O)C4)nc(C)n3)s2)c(Cl)c1. The van der Waals surface area contributed by atoms with Gasteiger partial charge in [0.2, 0.25) is 0 Å². The van der Waals surface area contributed by atoms with Crippen molar-refractivity contribution in [1.82, 2.24) is 35.2 Å². The van der Waals surface area contributed by atoms with Crippen LogP contribution in [0.3, 0.4) is 0 Å². The Kier molecular flexibility index (Phi) is 19.4. The Morgan fingerprint density at radius 1 is 0.761 bits per heavy atom. The lowest BCUT2D eigenvalue weighted by Gasteiger charge is -2.17. The molecule has 0 unspecified atom stereocenters. The van der Waals surface area contributed by atoms with E-state index in [9.17, 15) is 14.7 Å². The van der Waals surface area contributed by atoms with Crippen molar-refractivity contribution in [3.05, 3.63) is 147 Å². The number of aliphatic hydroxyl groups is 2. The summed E-state index contributed by atoms with van der Waals surface area (Å²) in [6.45, 7) is 12.2. The summed E-state index contributed by atoms with van der Waals surface area (Å²) in [5.74, 6) is 2.83. The molecule has 22 heteroatoms. The molecule has 2 atom stereocenters. The smallest absolute Gasteiger partial charge is 0.188 e. The van der Waals surface area contributed by atoms with E-state index in [0.29, 0.717) is 87.8 Å². The number of halogens is 5. The first kappa shape index (κ1) is 52.5. The number of aromatic nitrogens is 6. The average molecular weight is 1150 g/mol. The number of β-amino-alcohol motifs (C(OH)–C–C–N with tert-alkyl or cyclic N) is 2. The van der Waals surface area contributed by atoms with Crippen molar-refractivity contribution in [3.63, 3.8) is 0 Å². The van der Waals surface area contributed by atoms with Crippen molar-refractivity contribution in [2.24, 2.45) is 0 Å². The van der Waals surface area contributed by atoms with Gasteiger partial charge in [0, 0.05) is 59.1 Å². The number of nitrogens with two attached hydrogens (primary N) is 1. The highest BCUT2D eigenvalue weighted by Crippen LogP contribution is 2.30. The minimum absolute atomic E-state index is 0.0648. The highest BCUT2D eigenvalue weighted by Gasteiger charge is 2.23. The summed E-state index contributed by atoms with van der Waals surface area (Å²) in [6.07, 6.45) is 4.62. The summed E-state index contributed by atoms with van der Waals surface area (Å²) in [7, 11) is 0. The van der Waals surface area contributed by atoms with Crippen molar-refractivity contribution in [2.45, 2.75) is 72.5 Å². The van der Waals surface area contributed by atoms with Crippen molar-refractivity contribution >= 4 is 130 Å². The molecule has 7 aromatic rings. The zero-order valence-electron chi connectivity index (χ0n) is 41.2. The number of nitrogens with one attached hydrogen (secondary N) is 3. The van der Waals surface area contributed by atoms with Crippen LogP contribution in [0, 0.1) is 34.6 Å². The molecular weight excluding hydrogens is 1090 g/mol. The Balaban J connectivity index is 0.000000184. The van der Waals surface area contributed by atoms with Gasteiger partial charge in [0.15, 0.2) is 21.8 Å². The molecule has 9 rings (SSSR count). The molecule has 0 bridgehead atoms. The lowest BCUT2D eigenvalue weighted by molar-refractivity contribution is 0.0988. The molecule has 2 aliphatic heterocycles. The molecule has 2 saturated heterocycles. The maximum absolute atomic E-state index is 12.8. The van der Waals surface area contributed by atoms with Gasteiger partial charge >= 0.3 is 0 Å². The number of rotatable bonds is 11. The van der Waals surface area contributed by atoms with E-state index in [2.05, 4.69) is 61.8 Å². The highest BCUT2D eigenvalue weighted by atomic mass is 79.9. The maximum atomic E-state index is 12.8. The lowest BCUT2D eigenvalue weighted by Crippen LogP contribution is -2.22. The Morgan fingerprint density at radius 3 is 1.76 bits per heavy atom. The third kappa shape index (κ3) is 16.6. The number of nitrogens with zero attached hydrogens (tertiary/aromatic N) is 7. The van der Waals surface area contributed by atoms with Crippen LogP contribution in [0.4, 0.5) is 33.4 Å². The third-order valence-corrected chi connectivity index (χ3v) is 14.3. The first-order chi connectivity index (χ1) is 34.6. The second kappa shape index (κ2) is 26.2. The van der Waals surface area contributed by atoms with Gasteiger partial charge in [-0.05, 0) is 106 Å². The van der Waals surface area contributed by atoms with Crippen LogP contribution in [0.5, 0.6) is 0 Å². The number of benzene rings is 3. The normalized spacial score (nSPS) is 15.3. The minimum Gasteiger partial charge on any atom is -0.397 e. The fraction of sp³-hybridized carbons (Fsp3) is 0.306. The van der Waals surface area contributed by atoms with Crippen LogP contribution in [0.15, 0.2) is 77.5 Å². The number of carbonyl (C=O) groups excluding carboxylic acids is 2. The second-order valence-electron chi connectivity index (χ2n) is 16.4. The second-order valence-corrected chi connectivity index (χ2v) is 21.0. The number of carbonyl (C=O) groups is 2. The number of hydrogen-bond acceptors (Lipinski definition) is 17. The largest absolute Gasteiger partial charge is 0.397 e. The quantitative estimate of drug-likeness (QED) is 0.0403. The van der Waals surface area contributed by atoms with E-state index in [0.717, 1.165) is 70.6 Å². The van der Waals surface area contributed by atoms with Gasteiger partial charge in [0.05, 0.1) is 47.8 Å². The van der Waals surface area contributed by atoms with Crippen molar-refractivity contribution in [3.8, 4) is 0 Å². The number of anilines is 6. The number of hydrogen-bond donors (Lipinski definition) is 6. The zero-order valence-corrected chi connectivity index (χ0v) is 45.5. The first-order valence-corrected chi connectivity index (χ1v) is 26.0. The average Bonchev–Trinajstić information content (AvgIpc) is 4.16. The molecular formula is C49H52BrCl4N11O4S2. The molecule has 15 nitrogen and oxygen atoms in total. The molecule has 2 fully saturated rings. The molecule has 3 aromatic carbocycles. The zero-order chi connectivity index (χ0) is 53.1. The molecule has 0 radical (unpaired) electrons. The lowest BCUT2D eigenvalue weighted by atomic mass is 10.0. The van der Waals surface area contributed by atoms with E-state index in [4.69, 9.17) is 60.0 Å².